The predicted octanol–water partition coefficient (Wildman–Crippen LogP) is 2.11. The van der Waals surface area contributed by atoms with Gasteiger partial charge in [0.1, 0.15) is 0 Å². The van der Waals surface area contributed by atoms with Gasteiger partial charge in [-0.05, 0) is 12.0 Å². The summed E-state index contributed by atoms with van der Waals surface area (Å²) in [6.07, 6.45) is 7.37. The molecule has 7 heavy (non-hydrogen) atoms. The number of alkyl halides is 1. The normalized spacial score (nSPS) is 17.6. The Kier molecular flexibility index (Phi) is 1.53. The van der Waals surface area contributed by atoms with Gasteiger partial charge in [0.25, 0.3) is 0 Å². The summed E-state index contributed by atoms with van der Waals surface area (Å²) in [6, 6.07) is 0. The topological polar surface area (TPSA) is 0 Å². The van der Waals surface area contributed by atoms with E-state index in [1.165, 1.54) is 5.57 Å². The lowest BCUT2D eigenvalue weighted by atomic mass is 10.3. The van der Waals surface area contributed by atoms with Crippen molar-refractivity contribution >= 4 is 11.6 Å². The molecule has 1 rings (SSSR count). The summed E-state index contributed by atoms with van der Waals surface area (Å²) in [4.78, 5) is 0. The highest BCUT2D eigenvalue weighted by molar-refractivity contribution is 6.19. The zero-order chi connectivity index (χ0) is 5.11. The fraction of sp³-hybridized carbons (Fsp3) is 0.333. The van der Waals surface area contributed by atoms with Crippen molar-refractivity contribution in [2.45, 2.75) is 6.42 Å². The van der Waals surface area contributed by atoms with E-state index in [9.17, 15) is 0 Å². The minimum atomic E-state index is 0.663. The van der Waals surface area contributed by atoms with Crippen LogP contribution in [0.2, 0.25) is 0 Å². The maximum atomic E-state index is 5.49. The molecule has 0 saturated carbocycles. The molecule has 0 bridgehead atoms. The average molecular weight is 115 g/mol. The first kappa shape index (κ1) is 4.92. The molecular weight excluding hydrogens is 108 g/mol. The molecule has 0 unspecified atom stereocenters. The van der Waals surface area contributed by atoms with Gasteiger partial charge in [-0.1, -0.05) is 18.2 Å². The minimum Gasteiger partial charge on any atom is -0.122 e. The first-order chi connectivity index (χ1) is 3.43. The zero-order valence-corrected chi connectivity index (χ0v) is 4.78. The SMILES string of the molecule is ClCC1=CCC=C1. The van der Waals surface area contributed by atoms with Crippen molar-refractivity contribution in [3.05, 3.63) is 23.8 Å². The van der Waals surface area contributed by atoms with Crippen molar-refractivity contribution in [1.29, 1.82) is 0 Å². The Bertz CT molecular complexity index is 111. The van der Waals surface area contributed by atoms with Gasteiger partial charge < -0.3 is 0 Å². The van der Waals surface area contributed by atoms with E-state index in [0.29, 0.717) is 5.88 Å². The van der Waals surface area contributed by atoms with Crippen LogP contribution in [0.15, 0.2) is 23.8 Å². The van der Waals surface area contributed by atoms with Gasteiger partial charge in [0.05, 0.1) is 0 Å². The summed E-state index contributed by atoms with van der Waals surface area (Å²) in [5, 5.41) is 0. The van der Waals surface area contributed by atoms with E-state index in [4.69, 9.17) is 11.6 Å². The van der Waals surface area contributed by atoms with Gasteiger partial charge >= 0.3 is 0 Å². The summed E-state index contributed by atoms with van der Waals surface area (Å²) in [5.41, 5.74) is 1.25. The van der Waals surface area contributed by atoms with Crippen molar-refractivity contribution < 1.29 is 0 Å². The first-order valence-electron chi connectivity index (χ1n) is 2.35. The van der Waals surface area contributed by atoms with E-state index in [-0.39, 0.29) is 0 Å². The number of hydrogen-bond donors (Lipinski definition) is 0. The van der Waals surface area contributed by atoms with Crippen LogP contribution in [0.25, 0.3) is 0 Å². The van der Waals surface area contributed by atoms with E-state index < -0.39 is 0 Å². The minimum absolute atomic E-state index is 0.663. The molecule has 38 valence electrons. The highest BCUT2D eigenvalue weighted by Gasteiger charge is 1.91. The molecular formula is C6H7Cl. The van der Waals surface area contributed by atoms with E-state index in [0.717, 1.165) is 6.42 Å². The van der Waals surface area contributed by atoms with Gasteiger partial charge in [0.15, 0.2) is 0 Å². The molecule has 0 N–H and O–H groups in total. The largest absolute Gasteiger partial charge is 0.122 e. The smallest absolute Gasteiger partial charge is 0.0470 e. The Balaban J connectivity index is 2.52. The molecule has 0 spiro atoms. The molecule has 0 aromatic rings. The van der Waals surface area contributed by atoms with Crippen LogP contribution in [0.1, 0.15) is 6.42 Å². The first-order valence-corrected chi connectivity index (χ1v) is 2.88. The lowest BCUT2D eigenvalue weighted by molar-refractivity contribution is 1.42. The van der Waals surface area contributed by atoms with Crippen LogP contribution >= 0.6 is 11.6 Å². The molecule has 0 aliphatic heterocycles. The number of rotatable bonds is 1. The van der Waals surface area contributed by atoms with E-state index in [1.807, 2.05) is 0 Å². The molecule has 0 aromatic heterocycles. The molecule has 0 atom stereocenters. The molecule has 0 fully saturated rings. The zero-order valence-electron chi connectivity index (χ0n) is 4.02. The molecule has 1 aliphatic rings. The molecule has 0 nitrogen and oxygen atoms in total. The molecule has 1 aliphatic carbocycles. The van der Waals surface area contributed by atoms with Crippen molar-refractivity contribution in [2.75, 3.05) is 5.88 Å². The van der Waals surface area contributed by atoms with Gasteiger partial charge in [-0.2, -0.15) is 0 Å². The number of hydrogen-bond acceptors (Lipinski definition) is 0. The average Bonchev–Trinajstić information content (AvgIpc) is 2.14. The van der Waals surface area contributed by atoms with Crippen LogP contribution in [-0.2, 0) is 0 Å². The van der Waals surface area contributed by atoms with Crippen LogP contribution in [0.3, 0.4) is 0 Å². The van der Waals surface area contributed by atoms with Gasteiger partial charge in [0, 0.05) is 5.88 Å². The third kappa shape index (κ3) is 1.07. The fourth-order valence-electron chi connectivity index (χ4n) is 0.606. The second kappa shape index (κ2) is 2.17. The van der Waals surface area contributed by atoms with Crippen LogP contribution < -0.4 is 0 Å². The third-order valence-electron chi connectivity index (χ3n) is 1.00. The molecule has 0 saturated heterocycles. The lowest BCUT2D eigenvalue weighted by Crippen LogP contribution is -1.70. The van der Waals surface area contributed by atoms with Crippen molar-refractivity contribution in [3.63, 3.8) is 0 Å². The third-order valence-corrected chi connectivity index (χ3v) is 1.31. The van der Waals surface area contributed by atoms with Crippen LogP contribution in [-0.4, -0.2) is 5.88 Å². The monoisotopic (exact) mass is 114 g/mol. The Morgan fingerprint density at radius 1 is 1.71 bits per heavy atom. The van der Waals surface area contributed by atoms with Crippen molar-refractivity contribution in [2.24, 2.45) is 0 Å². The van der Waals surface area contributed by atoms with Gasteiger partial charge in [-0.25, -0.2) is 0 Å². The molecule has 0 aromatic carbocycles. The summed E-state index contributed by atoms with van der Waals surface area (Å²) in [7, 11) is 0. The second-order valence-corrected chi connectivity index (χ2v) is 1.82. The Morgan fingerprint density at radius 3 is 2.86 bits per heavy atom. The molecule has 0 heterocycles. The fourth-order valence-corrected chi connectivity index (χ4v) is 0.804. The Morgan fingerprint density at radius 2 is 2.57 bits per heavy atom. The molecule has 0 amide bonds. The highest BCUT2D eigenvalue weighted by Crippen LogP contribution is 2.08. The van der Waals surface area contributed by atoms with Crippen molar-refractivity contribution in [3.8, 4) is 0 Å². The second-order valence-electron chi connectivity index (χ2n) is 1.55. The van der Waals surface area contributed by atoms with Crippen LogP contribution in [0, 0.1) is 0 Å². The van der Waals surface area contributed by atoms with E-state index in [2.05, 4.69) is 18.2 Å². The standard InChI is InChI=1S/C6H7Cl/c7-5-6-3-1-2-4-6/h1,3-4H,2,5H2. The van der Waals surface area contributed by atoms with E-state index >= 15 is 0 Å². The molecule has 1 heteroatoms. The maximum absolute atomic E-state index is 5.49. The quantitative estimate of drug-likeness (QED) is 0.458. The maximum Gasteiger partial charge on any atom is 0.0470 e. The highest BCUT2D eigenvalue weighted by atomic mass is 35.5. The predicted molar refractivity (Wildman–Crippen MR) is 32.6 cm³/mol. The van der Waals surface area contributed by atoms with Crippen LogP contribution in [0.5, 0.6) is 0 Å². The molecule has 0 radical (unpaired) electrons. The number of allylic oxidation sites excluding steroid dienone is 4. The van der Waals surface area contributed by atoms with Gasteiger partial charge in [0.2, 0.25) is 0 Å². The Labute approximate surface area is 48.5 Å². The Hall–Kier alpha value is -0.230. The summed E-state index contributed by atoms with van der Waals surface area (Å²) >= 11 is 5.49. The summed E-state index contributed by atoms with van der Waals surface area (Å²) < 4.78 is 0. The van der Waals surface area contributed by atoms with Crippen LogP contribution in [0.4, 0.5) is 0 Å². The summed E-state index contributed by atoms with van der Waals surface area (Å²) in [5.74, 6) is 0.663. The van der Waals surface area contributed by atoms with E-state index in [1.54, 1.807) is 0 Å². The summed E-state index contributed by atoms with van der Waals surface area (Å²) in [6.45, 7) is 0. The van der Waals surface area contributed by atoms with Crippen molar-refractivity contribution in [1.82, 2.24) is 0 Å². The number of halogens is 1. The lowest BCUT2D eigenvalue weighted by Gasteiger charge is -1.82. The van der Waals surface area contributed by atoms with Gasteiger partial charge in [-0.15, -0.1) is 11.6 Å². The van der Waals surface area contributed by atoms with Gasteiger partial charge in [-0.3, -0.25) is 0 Å².